The van der Waals surface area contributed by atoms with Crippen molar-refractivity contribution >= 4 is 5.97 Å². The van der Waals surface area contributed by atoms with E-state index < -0.39 is 11.8 Å². The molecule has 0 spiro atoms. The first-order chi connectivity index (χ1) is 7.74. The van der Waals surface area contributed by atoms with E-state index in [-0.39, 0.29) is 6.10 Å². The minimum Gasteiger partial charge on any atom is -0.465 e. The molecule has 16 heavy (non-hydrogen) atoms. The zero-order valence-electron chi connectivity index (χ0n) is 9.30. The first-order valence-electron chi connectivity index (χ1n) is 5.19. The van der Waals surface area contributed by atoms with E-state index in [1.54, 1.807) is 0 Å². The number of ether oxygens (including phenoxy) is 3. The molecule has 1 aromatic rings. The molecule has 2 unspecified atom stereocenters. The van der Waals surface area contributed by atoms with Crippen molar-refractivity contribution in [2.75, 3.05) is 13.7 Å². The summed E-state index contributed by atoms with van der Waals surface area (Å²) in [4.78, 5) is 11.6. The van der Waals surface area contributed by atoms with Gasteiger partial charge in [-0.05, 0) is 12.5 Å². The number of carbonyl (C=O) groups is 1. The standard InChI is InChI=1S/C12H14O4/c1-3-15-12(11(13)14-2)10(16-12)9-7-5-4-6-8-9/h4-8,10H,3H2,1-2H3. The molecule has 1 saturated heterocycles. The number of rotatable bonds is 4. The summed E-state index contributed by atoms with van der Waals surface area (Å²) in [5.41, 5.74) is 0.918. The first kappa shape index (κ1) is 11.1. The van der Waals surface area contributed by atoms with Gasteiger partial charge < -0.3 is 14.2 Å². The summed E-state index contributed by atoms with van der Waals surface area (Å²) < 4.78 is 15.4. The second-order valence-corrected chi connectivity index (χ2v) is 3.50. The summed E-state index contributed by atoms with van der Waals surface area (Å²) in [5, 5.41) is 0. The fourth-order valence-electron chi connectivity index (χ4n) is 1.74. The Labute approximate surface area is 94.1 Å². The van der Waals surface area contributed by atoms with Crippen molar-refractivity contribution in [3.63, 3.8) is 0 Å². The monoisotopic (exact) mass is 222 g/mol. The molecule has 0 aliphatic carbocycles. The quantitative estimate of drug-likeness (QED) is 0.574. The maximum absolute atomic E-state index is 11.6. The van der Waals surface area contributed by atoms with Crippen LogP contribution in [0.2, 0.25) is 0 Å². The molecule has 1 fully saturated rings. The number of methoxy groups -OCH3 is 1. The van der Waals surface area contributed by atoms with E-state index in [0.29, 0.717) is 6.61 Å². The van der Waals surface area contributed by atoms with Crippen LogP contribution in [0.25, 0.3) is 0 Å². The van der Waals surface area contributed by atoms with Crippen molar-refractivity contribution in [3.8, 4) is 0 Å². The lowest BCUT2D eigenvalue weighted by Gasteiger charge is -2.09. The molecule has 1 aliphatic rings. The van der Waals surface area contributed by atoms with Crippen LogP contribution < -0.4 is 0 Å². The summed E-state index contributed by atoms with van der Waals surface area (Å²) in [7, 11) is 1.33. The van der Waals surface area contributed by atoms with Crippen LogP contribution >= 0.6 is 0 Å². The second-order valence-electron chi connectivity index (χ2n) is 3.50. The molecule has 0 saturated carbocycles. The van der Waals surface area contributed by atoms with Gasteiger partial charge >= 0.3 is 11.8 Å². The molecule has 0 amide bonds. The van der Waals surface area contributed by atoms with Gasteiger partial charge in [-0.1, -0.05) is 30.3 Å². The Morgan fingerprint density at radius 2 is 2.12 bits per heavy atom. The molecule has 4 heteroatoms. The SMILES string of the molecule is CCOC1(C(=O)OC)OC1c1ccccc1. The molecule has 0 bridgehead atoms. The second kappa shape index (κ2) is 4.23. The van der Waals surface area contributed by atoms with E-state index in [2.05, 4.69) is 0 Å². The molecular formula is C12H14O4. The highest BCUT2D eigenvalue weighted by atomic mass is 16.8. The Bertz CT molecular complexity index is 376. The van der Waals surface area contributed by atoms with E-state index in [1.165, 1.54) is 7.11 Å². The van der Waals surface area contributed by atoms with Gasteiger partial charge in [0.1, 0.15) is 0 Å². The van der Waals surface area contributed by atoms with Gasteiger partial charge in [0.05, 0.1) is 7.11 Å². The van der Waals surface area contributed by atoms with Crippen molar-refractivity contribution < 1.29 is 19.0 Å². The Balaban J connectivity index is 2.19. The minimum absolute atomic E-state index is 0.360. The third-order valence-electron chi connectivity index (χ3n) is 2.51. The molecular weight excluding hydrogens is 208 g/mol. The zero-order valence-corrected chi connectivity index (χ0v) is 9.30. The number of benzene rings is 1. The van der Waals surface area contributed by atoms with Gasteiger partial charge in [0.25, 0.3) is 0 Å². The Hall–Kier alpha value is -1.39. The van der Waals surface area contributed by atoms with Crippen LogP contribution in [0.3, 0.4) is 0 Å². The van der Waals surface area contributed by atoms with E-state index in [1.807, 2.05) is 37.3 Å². The fraction of sp³-hybridized carbons (Fsp3) is 0.417. The number of esters is 1. The van der Waals surface area contributed by atoms with E-state index >= 15 is 0 Å². The normalized spacial score (nSPS) is 27.5. The molecule has 0 aromatic heterocycles. The van der Waals surface area contributed by atoms with Gasteiger partial charge in [0.15, 0.2) is 6.10 Å². The van der Waals surface area contributed by atoms with Crippen molar-refractivity contribution in [2.24, 2.45) is 0 Å². The molecule has 86 valence electrons. The first-order valence-corrected chi connectivity index (χ1v) is 5.19. The lowest BCUT2D eigenvalue weighted by Crippen LogP contribution is -2.30. The highest BCUT2D eigenvalue weighted by Crippen LogP contribution is 2.51. The number of carbonyl (C=O) groups excluding carboxylic acids is 1. The van der Waals surface area contributed by atoms with Gasteiger partial charge in [-0.3, -0.25) is 0 Å². The van der Waals surface area contributed by atoms with Crippen LogP contribution in [0.15, 0.2) is 30.3 Å². The van der Waals surface area contributed by atoms with E-state index in [0.717, 1.165) is 5.56 Å². The maximum atomic E-state index is 11.6. The van der Waals surface area contributed by atoms with Crippen LogP contribution in [-0.2, 0) is 19.0 Å². The predicted molar refractivity (Wildman–Crippen MR) is 56.6 cm³/mol. The zero-order chi connectivity index (χ0) is 11.6. The molecule has 1 aromatic carbocycles. The average molecular weight is 222 g/mol. The lowest BCUT2D eigenvalue weighted by molar-refractivity contribution is -0.167. The fourth-order valence-corrected chi connectivity index (χ4v) is 1.74. The van der Waals surface area contributed by atoms with E-state index in [9.17, 15) is 4.79 Å². The topological polar surface area (TPSA) is 48.1 Å². The Morgan fingerprint density at radius 3 is 2.69 bits per heavy atom. The van der Waals surface area contributed by atoms with Gasteiger partial charge in [-0.25, -0.2) is 4.79 Å². The van der Waals surface area contributed by atoms with Crippen LogP contribution in [-0.4, -0.2) is 25.5 Å². The van der Waals surface area contributed by atoms with Gasteiger partial charge in [-0.2, -0.15) is 0 Å². The largest absolute Gasteiger partial charge is 0.465 e. The summed E-state index contributed by atoms with van der Waals surface area (Å²) in [6.07, 6.45) is -0.360. The Kier molecular flexibility index (Phi) is 2.94. The molecule has 1 aliphatic heterocycles. The molecule has 1 heterocycles. The van der Waals surface area contributed by atoms with E-state index in [4.69, 9.17) is 14.2 Å². The molecule has 2 atom stereocenters. The van der Waals surface area contributed by atoms with Crippen molar-refractivity contribution in [3.05, 3.63) is 35.9 Å². The summed E-state index contributed by atoms with van der Waals surface area (Å²) in [5.74, 6) is -1.71. The maximum Gasteiger partial charge on any atom is 0.369 e. The third-order valence-corrected chi connectivity index (χ3v) is 2.51. The lowest BCUT2D eigenvalue weighted by atomic mass is 10.1. The number of hydrogen-bond donors (Lipinski definition) is 0. The van der Waals surface area contributed by atoms with Crippen LogP contribution in [0.4, 0.5) is 0 Å². The number of epoxide rings is 1. The predicted octanol–water partition coefficient (Wildman–Crippen LogP) is 1.66. The highest BCUT2D eigenvalue weighted by Gasteiger charge is 2.66. The minimum atomic E-state index is -1.23. The Morgan fingerprint density at radius 1 is 1.44 bits per heavy atom. The van der Waals surface area contributed by atoms with Gasteiger partial charge in [-0.15, -0.1) is 0 Å². The van der Waals surface area contributed by atoms with Gasteiger partial charge in [0.2, 0.25) is 0 Å². The highest BCUT2D eigenvalue weighted by molar-refractivity contribution is 5.81. The molecule has 0 N–H and O–H groups in total. The smallest absolute Gasteiger partial charge is 0.369 e. The summed E-state index contributed by atoms with van der Waals surface area (Å²) >= 11 is 0. The van der Waals surface area contributed by atoms with Crippen LogP contribution in [0.5, 0.6) is 0 Å². The molecule has 2 rings (SSSR count). The van der Waals surface area contributed by atoms with Crippen LogP contribution in [0, 0.1) is 0 Å². The third kappa shape index (κ3) is 1.70. The van der Waals surface area contributed by atoms with Gasteiger partial charge in [0, 0.05) is 6.61 Å². The van der Waals surface area contributed by atoms with Crippen molar-refractivity contribution in [1.29, 1.82) is 0 Å². The number of hydrogen-bond acceptors (Lipinski definition) is 4. The van der Waals surface area contributed by atoms with Crippen LogP contribution in [0.1, 0.15) is 18.6 Å². The molecule has 0 radical (unpaired) electrons. The summed E-state index contributed by atoms with van der Waals surface area (Å²) in [6.45, 7) is 2.22. The summed E-state index contributed by atoms with van der Waals surface area (Å²) in [6, 6.07) is 9.49. The molecule has 4 nitrogen and oxygen atoms in total. The van der Waals surface area contributed by atoms with Crippen molar-refractivity contribution in [1.82, 2.24) is 0 Å². The average Bonchev–Trinajstić information content (AvgIpc) is 3.05. The van der Waals surface area contributed by atoms with Crippen molar-refractivity contribution in [2.45, 2.75) is 18.8 Å².